The van der Waals surface area contributed by atoms with Crippen LogP contribution in [0.2, 0.25) is 0 Å². The van der Waals surface area contributed by atoms with Crippen molar-refractivity contribution in [3.63, 3.8) is 0 Å². The number of rotatable bonds is 1. The molecular weight excluding hydrogens is 420 g/mol. The van der Waals surface area contributed by atoms with E-state index < -0.39 is 0 Å². The minimum absolute atomic E-state index is 0.280. The molecule has 0 radical (unpaired) electrons. The van der Waals surface area contributed by atoms with Crippen molar-refractivity contribution >= 4 is 62.7 Å². The molecule has 0 aromatic heterocycles. The van der Waals surface area contributed by atoms with E-state index in [9.17, 15) is 9.59 Å². The molecule has 0 saturated carbocycles. The maximum Gasteiger partial charge on any atom is 0.258 e. The van der Waals surface area contributed by atoms with Gasteiger partial charge < -0.3 is 0 Å². The summed E-state index contributed by atoms with van der Waals surface area (Å²) < 4.78 is 2.00. The summed E-state index contributed by atoms with van der Waals surface area (Å²) in [6.07, 6.45) is 2.57. The minimum Gasteiger partial charge on any atom is -0.269 e. The van der Waals surface area contributed by atoms with Crippen LogP contribution in [-0.2, 0) is 9.59 Å². The number of imide groups is 1. The molecule has 0 aliphatic carbocycles. The summed E-state index contributed by atoms with van der Waals surface area (Å²) in [5, 5.41) is 0. The van der Waals surface area contributed by atoms with Crippen molar-refractivity contribution in [3.8, 4) is 0 Å². The quantitative estimate of drug-likeness (QED) is 0.512. The Balaban J connectivity index is 2.46. The highest BCUT2D eigenvalue weighted by atomic mass is 127. The molecule has 1 aromatic rings. The van der Waals surface area contributed by atoms with Crippen molar-refractivity contribution < 1.29 is 9.59 Å². The van der Waals surface area contributed by atoms with Gasteiger partial charge in [0.25, 0.3) is 11.8 Å². The summed E-state index contributed by atoms with van der Waals surface area (Å²) in [5.41, 5.74) is 0.631. The molecule has 0 bridgehead atoms. The Bertz CT molecular complexity index is 444. The molecule has 0 fully saturated rings. The molecule has 5 heteroatoms. The van der Waals surface area contributed by atoms with Crippen LogP contribution in [0.1, 0.15) is 0 Å². The van der Waals surface area contributed by atoms with Crippen LogP contribution < -0.4 is 4.90 Å². The van der Waals surface area contributed by atoms with E-state index in [1.54, 1.807) is 0 Å². The fourth-order valence-electron chi connectivity index (χ4n) is 1.32. The first-order valence-corrected chi connectivity index (χ1v) is 6.26. The predicted octanol–water partition coefficient (Wildman–Crippen LogP) is 2.33. The van der Waals surface area contributed by atoms with Crippen LogP contribution in [0.25, 0.3) is 0 Å². The molecule has 1 aromatic carbocycles. The van der Waals surface area contributed by atoms with E-state index in [1.807, 2.05) is 18.2 Å². The topological polar surface area (TPSA) is 37.4 Å². The van der Waals surface area contributed by atoms with Crippen molar-refractivity contribution in [3.05, 3.63) is 37.5 Å². The highest BCUT2D eigenvalue weighted by Gasteiger charge is 2.25. The van der Waals surface area contributed by atoms with Crippen molar-refractivity contribution in [1.82, 2.24) is 0 Å². The molecule has 3 nitrogen and oxygen atoms in total. The van der Waals surface area contributed by atoms with Crippen LogP contribution in [0.4, 0.5) is 5.69 Å². The number of carbonyl (C=O) groups excluding carboxylic acids is 2. The highest BCUT2D eigenvalue weighted by Crippen LogP contribution is 2.24. The van der Waals surface area contributed by atoms with Gasteiger partial charge in [0.1, 0.15) is 0 Å². The summed E-state index contributed by atoms with van der Waals surface area (Å²) in [7, 11) is 0. The van der Waals surface area contributed by atoms with E-state index in [2.05, 4.69) is 45.2 Å². The van der Waals surface area contributed by atoms with Gasteiger partial charge in [-0.25, -0.2) is 4.90 Å². The van der Waals surface area contributed by atoms with E-state index in [4.69, 9.17) is 0 Å². The Morgan fingerprint density at radius 3 is 1.80 bits per heavy atom. The van der Waals surface area contributed by atoms with Crippen LogP contribution in [0.3, 0.4) is 0 Å². The summed E-state index contributed by atoms with van der Waals surface area (Å²) in [5.74, 6) is -0.560. The predicted molar refractivity (Wildman–Crippen MR) is 73.5 cm³/mol. The third kappa shape index (κ3) is 2.22. The van der Waals surface area contributed by atoms with Crippen molar-refractivity contribution in [2.45, 2.75) is 0 Å². The number of carbonyl (C=O) groups is 2. The van der Waals surface area contributed by atoms with Gasteiger partial charge in [-0.05, 0) is 63.4 Å². The summed E-state index contributed by atoms with van der Waals surface area (Å²) in [6.45, 7) is 0. The van der Waals surface area contributed by atoms with Gasteiger partial charge in [-0.3, -0.25) is 9.59 Å². The Kier molecular flexibility index (Phi) is 3.10. The van der Waals surface area contributed by atoms with Gasteiger partial charge in [-0.15, -0.1) is 0 Å². The lowest BCUT2D eigenvalue weighted by molar-refractivity contribution is -0.119. The van der Waals surface area contributed by atoms with Gasteiger partial charge in [-0.1, -0.05) is 0 Å². The minimum atomic E-state index is -0.280. The second kappa shape index (κ2) is 4.20. The molecule has 1 heterocycles. The lowest BCUT2D eigenvalue weighted by Crippen LogP contribution is -2.29. The first-order chi connectivity index (χ1) is 7.08. The number of hydrogen-bond acceptors (Lipinski definition) is 2. The first-order valence-electron chi connectivity index (χ1n) is 4.10. The second-order valence-electron chi connectivity index (χ2n) is 2.97. The molecule has 2 rings (SSSR count). The zero-order chi connectivity index (χ0) is 11.0. The standard InChI is InChI=1S/C10H5I2NO2/c11-6-3-7(12)5-8(4-6)13-9(14)1-2-10(13)15/h1-5H. The maximum atomic E-state index is 11.4. The number of amides is 2. The molecule has 0 N–H and O–H groups in total. The molecule has 1 aliphatic rings. The van der Waals surface area contributed by atoms with Crippen molar-refractivity contribution in [2.75, 3.05) is 4.90 Å². The molecule has 2 amide bonds. The second-order valence-corrected chi connectivity index (χ2v) is 5.46. The van der Waals surface area contributed by atoms with Crippen LogP contribution in [0.5, 0.6) is 0 Å². The molecular formula is C10H5I2NO2. The summed E-state index contributed by atoms with van der Waals surface area (Å²) in [6, 6.07) is 5.60. The van der Waals surface area contributed by atoms with E-state index in [0.29, 0.717) is 5.69 Å². The fourth-order valence-corrected chi connectivity index (χ4v) is 3.23. The average molecular weight is 425 g/mol. The van der Waals surface area contributed by atoms with E-state index in [1.165, 1.54) is 17.1 Å². The first kappa shape index (κ1) is 11.1. The third-order valence-electron chi connectivity index (χ3n) is 1.91. The number of nitrogens with zero attached hydrogens (tertiary/aromatic N) is 1. The van der Waals surface area contributed by atoms with Crippen LogP contribution in [0.15, 0.2) is 30.4 Å². The summed E-state index contributed by atoms with van der Waals surface area (Å²) in [4.78, 5) is 24.0. The monoisotopic (exact) mass is 425 g/mol. The molecule has 0 unspecified atom stereocenters. The van der Waals surface area contributed by atoms with Gasteiger partial charge in [0.05, 0.1) is 5.69 Å². The van der Waals surface area contributed by atoms with E-state index in [0.717, 1.165) is 7.14 Å². The number of benzene rings is 1. The average Bonchev–Trinajstić information content (AvgIpc) is 2.44. The number of anilines is 1. The number of halogens is 2. The Labute approximate surface area is 114 Å². The maximum absolute atomic E-state index is 11.4. The molecule has 0 saturated heterocycles. The Hall–Kier alpha value is -0.440. The van der Waals surface area contributed by atoms with E-state index >= 15 is 0 Å². The molecule has 0 spiro atoms. The Morgan fingerprint density at radius 2 is 1.33 bits per heavy atom. The van der Waals surface area contributed by atoms with Gasteiger partial charge >= 0.3 is 0 Å². The molecule has 0 atom stereocenters. The largest absolute Gasteiger partial charge is 0.269 e. The number of hydrogen-bond donors (Lipinski definition) is 0. The SMILES string of the molecule is O=C1C=CC(=O)N1c1cc(I)cc(I)c1. The van der Waals surface area contributed by atoms with Crippen molar-refractivity contribution in [1.29, 1.82) is 0 Å². The lowest BCUT2D eigenvalue weighted by atomic mass is 10.3. The van der Waals surface area contributed by atoms with Crippen LogP contribution in [0, 0.1) is 7.14 Å². The third-order valence-corrected chi connectivity index (χ3v) is 3.16. The zero-order valence-corrected chi connectivity index (χ0v) is 11.7. The van der Waals surface area contributed by atoms with Crippen LogP contribution in [-0.4, -0.2) is 11.8 Å². The lowest BCUT2D eigenvalue weighted by Gasteiger charge is -2.14. The molecule has 76 valence electrons. The van der Waals surface area contributed by atoms with Gasteiger partial charge in [0.15, 0.2) is 0 Å². The van der Waals surface area contributed by atoms with Gasteiger partial charge in [0, 0.05) is 19.3 Å². The van der Waals surface area contributed by atoms with E-state index in [-0.39, 0.29) is 11.8 Å². The smallest absolute Gasteiger partial charge is 0.258 e. The van der Waals surface area contributed by atoms with Gasteiger partial charge in [0.2, 0.25) is 0 Å². The summed E-state index contributed by atoms with van der Waals surface area (Å²) >= 11 is 4.31. The van der Waals surface area contributed by atoms with Gasteiger partial charge in [-0.2, -0.15) is 0 Å². The van der Waals surface area contributed by atoms with Crippen molar-refractivity contribution in [2.24, 2.45) is 0 Å². The highest BCUT2D eigenvalue weighted by molar-refractivity contribution is 14.1. The molecule has 1 aliphatic heterocycles. The Morgan fingerprint density at radius 1 is 0.867 bits per heavy atom. The van der Waals surface area contributed by atoms with Crippen LogP contribution >= 0.6 is 45.2 Å². The molecule has 15 heavy (non-hydrogen) atoms. The fraction of sp³-hybridized carbons (Fsp3) is 0. The normalized spacial score (nSPS) is 15.2. The zero-order valence-electron chi connectivity index (χ0n) is 7.41.